The van der Waals surface area contributed by atoms with Gasteiger partial charge in [0, 0.05) is 0 Å². The van der Waals surface area contributed by atoms with Crippen molar-refractivity contribution in [1.29, 1.82) is 0 Å². The lowest BCUT2D eigenvalue weighted by Crippen LogP contribution is -2.17. The van der Waals surface area contributed by atoms with Crippen molar-refractivity contribution in [2.45, 2.75) is 25.6 Å². The molecule has 0 heterocycles. The Hall–Kier alpha value is -2.25. The zero-order valence-corrected chi connectivity index (χ0v) is 10.4. The minimum Gasteiger partial charge on any atom is -0.483 e. The Kier molecular flexibility index (Phi) is 7.12. The van der Waals surface area contributed by atoms with Crippen LogP contribution in [0.2, 0.25) is 0 Å². The Balaban J connectivity index is 0.00000110. The standard InChI is InChI=1S/C11H11F3O3.CH2O2/c1-7(5-10(15)16)8-3-2-4-9(6-8)17-11(12,13)14;2-1-3/h2-4,6-7H,5H2,1H3,(H,15,16);1H,(H,2,3). The molecule has 0 aliphatic carbocycles. The smallest absolute Gasteiger partial charge is 0.483 e. The average Bonchev–Trinajstić information content (AvgIpc) is 2.27. The molecule has 1 aromatic carbocycles. The molecule has 2 N–H and O–H groups in total. The number of aliphatic carboxylic acids is 1. The molecule has 20 heavy (non-hydrogen) atoms. The van der Waals surface area contributed by atoms with Gasteiger partial charge in [-0.15, -0.1) is 13.2 Å². The second-order valence-electron chi connectivity index (χ2n) is 3.72. The molecule has 1 aromatic rings. The summed E-state index contributed by atoms with van der Waals surface area (Å²) in [5.41, 5.74) is 0.495. The first-order valence-corrected chi connectivity index (χ1v) is 5.35. The van der Waals surface area contributed by atoms with Gasteiger partial charge in [0.05, 0.1) is 6.42 Å². The van der Waals surface area contributed by atoms with Crippen LogP contribution in [0.5, 0.6) is 5.75 Å². The van der Waals surface area contributed by atoms with Gasteiger partial charge in [-0.25, -0.2) is 0 Å². The molecule has 0 aromatic heterocycles. The molecule has 0 aliphatic rings. The van der Waals surface area contributed by atoms with Crippen molar-refractivity contribution in [2.75, 3.05) is 0 Å². The summed E-state index contributed by atoms with van der Waals surface area (Å²) >= 11 is 0. The molecule has 0 saturated carbocycles. The highest BCUT2D eigenvalue weighted by Gasteiger charge is 2.31. The summed E-state index contributed by atoms with van der Waals surface area (Å²) in [5, 5.41) is 15.5. The minimum atomic E-state index is -4.74. The molecular formula is C12H13F3O5. The van der Waals surface area contributed by atoms with Crippen molar-refractivity contribution in [1.82, 2.24) is 0 Å². The lowest BCUT2D eigenvalue weighted by atomic mass is 9.98. The summed E-state index contributed by atoms with van der Waals surface area (Å²) in [6, 6.07) is 5.33. The van der Waals surface area contributed by atoms with Gasteiger partial charge in [-0.3, -0.25) is 9.59 Å². The van der Waals surface area contributed by atoms with Gasteiger partial charge in [-0.1, -0.05) is 19.1 Å². The molecule has 0 amide bonds. The summed E-state index contributed by atoms with van der Waals surface area (Å²) in [4.78, 5) is 18.8. The van der Waals surface area contributed by atoms with Crippen LogP contribution in [-0.4, -0.2) is 29.0 Å². The third kappa shape index (κ3) is 7.96. The highest BCUT2D eigenvalue weighted by atomic mass is 19.4. The van der Waals surface area contributed by atoms with Crippen LogP contribution in [0.15, 0.2) is 24.3 Å². The molecule has 112 valence electrons. The lowest BCUT2D eigenvalue weighted by Gasteiger charge is -2.12. The van der Waals surface area contributed by atoms with E-state index in [4.69, 9.17) is 15.0 Å². The Bertz CT molecular complexity index is 445. The molecule has 5 nitrogen and oxygen atoms in total. The Morgan fingerprint density at radius 2 is 2.00 bits per heavy atom. The summed E-state index contributed by atoms with van der Waals surface area (Å²) in [7, 11) is 0. The van der Waals surface area contributed by atoms with Gasteiger partial charge in [0.15, 0.2) is 0 Å². The summed E-state index contributed by atoms with van der Waals surface area (Å²) < 4.78 is 39.7. The highest BCUT2D eigenvalue weighted by Crippen LogP contribution is 2.27. The number of rotatable bonds is 4. The first kappa shape index (κ1) is 17.8. The van der Waals surface area contributed by atoms with Crippen LogP contribution in [-0.2, 0) is 9.59 Å². The van der Waals surface area contributed by atoms with E-state index < -0.39 is 12.3 Å². The van der Waals surface area contributed by atoms with Crippen molar-refractivity contribution in [3.63, 3.8) is 0 Å². The number of ether oxygens (including phenoxy) is 1. The van der Waals surface area contributed by atoms with E-state index >= 15 is 0 Å². The van der Waals surface area contributed by atoms with Crippen molar-refractivity contribution >= 4 is 12.4 Å². The van der Waals surface area contributed by atoms with E-state index in [1.807, 2.05) is 0 Å². The number of hydrogen-bond donors (Lipinski definition) is 2. The second kappa shape index (κ2) is 8.03. The fourth-order valence-electron chi connectivity index (χ4n) is 1.40. The summed E-state index contributed by atoms with van der Waals surface area (Å²) in [6.45, 7) is 1.38. The SMILES string of the molecule is CC(CC(=O)O)c1cccc(OC(F)(F)F)c1.O=CO. The third-order valence-electron chi connectivity index (χ3n) is 2.14. The van der Waals surface area contributed by atoms with E-state index in [9.17, 15) is 18.0 Å². The Morgan fingerprint density at radius 3 is 2.45 bits per heavy atom. The fraction of sp³-hybridized carbons (Fsp3) is 0.333. The third-order valence-corrected chi connectivity index (χ3v) is 2.14. The van der Waals surface area contributed by atoms with Crippen molar-refractivity contribution < 1.29 is 37.7 Å². The normalized spacial score (nSPS) is 11.8. The number of halogens is 3. The number of carboxylic acids is 1. The molecule has 1 rings (SSSR count). The van der Waals surface area contributed by atoms with E-state index in [1.54, 1.807) is 13.0 Å². The zero-order chi connectivity index (χ0) is 15.8. The van der Waals surface area contributed by atoms with Gasteiger partial charge >= 0.3 is 12.3 Å². The van der Waals surface area contributed by atoms with Gasteiger partial charge in [-0.05, 0) is 23.6 Å². The molecule has 0 fully saturated rings. The minimum absolute atomic E-state index is 0.143. The largest absolute Gasteiger partial charge is 0.573 e. The molecular weight excluding hydrogens is 281 g/mol. The average molecular weight is 294 g/mol. The van der Waals surface area contributed by atoms with E-state index in [0.29, 0.717) is 5.56 Å². The topological polar surface area (TPSA) is 83.8 Å². The van der Waals surface area contributed by atoms with Crippen LogP contribution in [0.25, 0.3) is 0 Å². The first-order chi connectivity index (χ1) is 9.19. The van der Waals surface area contributed by atoms with Crippen LogP contribution in [0.4, 0.5) is 13.2 Å². The Labute approximate surface area is 112 Å². The van der Waals surface area contributed by atoms with Crippen LogP contribution in [0, 0.1) is 0 Å². The predicted octanol–water partition coefficient (Wildman–Crippen LogP) is 2.86. The summed E-state index contributed by atoms with van der Waals surface area (Å²) in [6.07, 6.45) is -4.88. The zero-order valence-electron chi connectivity index (χ0n) is 10.4. The number of carbonyl (C=O) groups is 2. The van der Waals surface area contributed by atoms with E-state index in [2.05, 4.69) is 4.74 Å². The molecule has 1 unspecified atom stereocenters. The Morgan fingerprint density at radius 1 is 1.45 bits per heavy atom. The van der Waals surface area contributed by atoms with Crippen LogP contribution >= 0.6 is 0 Å². The van der Waals surface area contributed by atoms with Gasteiger partial charge in [0.25, 0.3) is 6.47 Å². The maximum atomic E-state index is 12.0. The lowest BCUT2D eigenvalue weighted by molar-refractivity contribution is -0.274. The quantitative estimate of drug-likeness (QED) is 0.834. The number of carboxylic acid groups (broad SMARTS) is 2. The van der Waals surface area contributed by atoms with Crippen LogP contribution < -0.4 is 4.74 Å². The maximum Gasteiger partial charge on any atom is 0.573 e. The van der Waals surface area contributed by atoms with Crippen LogP contribution in [0.1, 0.15) is 24.8 Å². The maximum absolute atomic E-state index is 12.0. The molecule has 8 heteroatoms. The second-order valence-corrected chi connectivity index (χ2v) is 3.72. The van der Waals surface area contributed by atoms with Gasteiger partial charge in [0.2, 0.25) is 0 Å². The van der Waals surface area contributed by atoms with E-state index in [-0.39, 0.29) is 24.6 Å². The predicted molar refractivity (Wildman–Crippen MR) is 62.5 cm³/mol. The van der Waals surface area contributed by atoms with Gasteiger partial charge in [0.1, 0.15) is 5.75 Å². The van der Waals surface area contributed by atoms with Crippen molar-refractivity contribution in [2.24, 2.45) is 0 Å². The number of hydrogen-bond acceptors (Lipinski definition) is 3. The first-order valence-electron chi connectivity index (χ1n) is 5.35. The van der Waals surface area contributed by atoms with Crippen molar-refractivity contribution in [3.8, 4) is 5.75 Å². The molecule has 0 aliphatic heterocycles. The number of benzene rings is 1. The van der Waals surface area contributed by atoms with Crippen LogP contribution in [0.3, 0.4) is 0 Å². The highest BCUT2D eigenvalue weighted by molar-refractivity contribution is 5.68. The molecule has 0 spiro atoms. The number of alkyl halides is 3. The van der Waals surface area contributed by atoms with Crippen molar-refractivity contribution in [3.05, 3.63) is 29.8 Å². The fourth-order valence-corrected chi connectivity index (χ4v) is 1.40. The van der Waals surface area contributed by atoms with Gasteiger partial charge < -0.3 is 14.9 Å². The summed E-state index contributed by atoms with van der Waals surface area (Å²) in [5.74, 6) is -1.71. The molecule has 0 radical (unpaired) electrons. The van der Waals surface area contributed by atoms with E-state index in [1.165, 1.54) is 18.2 Å². The molecule has 0 bridgehead atoms. The van der Waals surface area contributed by atoms with Gasteiger partial charge in [-0.2, -0.15) is 0 Å². The molecule has 1 atom stereocenters. The van der Waals surface area contributed by atoms with E-state index in [0.717, 1.165) is 0 Å². The monoisotopic (exact) mass is 294 g/mol. The molecule has 0 saturated heterocycles.